The van der Waals surface area contributed by atoms with Crippen molar-refractivity contribution in [2.24, 2.45) is 11.8 Å². The Hall–Kier alpha value is -1.26. The van der Waals surface area contributed by atoms with Crippen LogP contribution in [-0.4, -0.2) is 3.92 Å². The number of halogens is 1. The first-order valence-electron chi connectivity index (χ1n) is 12.8. The molecular weight excluding hydrogens is 543 g/mol. The van der Waals surface area contributed by atoms with Crippen LogP contribution in [0.4, 0.5) is 0 Å². The highest BCUT2D eigenvalue weighted by molar-refractivity contribution is 14.1. The van der Waals surface area contributed by atoms with Crippen molar-refractivity contribution in [2.75, 3.05) is 0 Å². The fourth-order valence-corrected chi connectivity index (χ4v) is 6.21. The molecule has 0 saturated carbocycles. The number of benzene rings is 3. The topological polar surface area (TPSA) is 0 Å². The molecule has 1 aliphatic rings. The Morgan fingerprint density at radius 3 is 2.06 bits per heavy atom. The van der Waals surface area contributed by atoms with E-state index < -0.39 is 0 Å². The van der Waals surface area contributed by atoms with Crippen molar-refractivity contribution in [3.8, 4) is 11.1 Å². The predicted molar refractivity (Wildman–Crippen MR) is 161 cm³/mol. The van der Waals surface area contributed by atoms with Crippen LogP contribution < -0.4 is 0 Å². The molecule has 0 amide bonds. The van der Waals surface area contributed by atoms with Gasteiger partial charge in [-0.3, -0.25) is 0 Å². The summed E-state index contributed by atoms with van der Waals surface area (Å²) < 4.78 is 0.512. The van der Waals surface area contributed by atoms with Gasteiger partial charge in [-0.05, 0) is 69.5 Å². The fraction of sp³-hybridized carbons (Fsp3) is 0.438. The third-order valence-electron chi connectivity index (χ3n) is 8.22. The standard InChI is InChI=1S/C32H39IS/c1-20(2)21(3)26(17-13-23-11-14-24(15-12-23)31(34)22(4)33)25-16-18-28-27-9-7-8-10-29(27)32(5,6)30(28)19-25/h7-12,14-16,18-22,26,31,34H,13,17H2,1-6H3/t21-,22?,26-,31?/m1/s1. The van der Waals surface area contributed by atoms with Crippen molar-refractivity contribution >= 4 is 35.2 Å². The van der Waals surface area contributed by atoms with Crippen molar-refractivity contribution in [3.05, 3.63) is 94.5 Å². The van der Waals surface area contributed by atoms with Gasteiger partial charge >= 0.3 is 0 Å². The Morgan fingerprint density at radius 2 is 1.41 bits per heavy atom. The van der Waals surface area contributed by atoms with Gasteiger partial charge in [-0.2, -0.15) is 12.6 Å². The third-order valence-corrected chi connectivity index (χ3v) is 10.3. The molecule has 0 saturated heterocycles. The summed E-state index contributed by atoms with van der Waals surface area (Å²) in [7, 11) is 0. The number of rotatable bonds is 8. The average molecular weight is 583 g/mol. The van der Waals surface area contributed by atoms with Gasteiger partial charge < -0.3 is 0 Å². The zero-order chi connectivity index (χ0) is 24.6. The third kappa shape index (κ3) is 5.00. The van der Waals surface area contributed by atoms with Gasteiger partial charge in [0, 0.05) is 14.6 Å². The second-order valence-electron chi connectivity index (χ2n) is 11.1. The zero-order valence-corrected chi connectivity index (χ0v) is 24.5. The molecule has 3 aromatic carbocycles. The van der Waals surface area contributed by atoms with E-state index in [0.29, 0.717) is 26.9 Å². The Balaban J connectivity index is 1.60. The van der Waals surface area contributed by atoms with Crippen molar-refractivity contribution in [1.29, 1.82) is 0 Å². The largest absolute Gasteiger partial charge is 0.170 e. The molecule has 0 aromatic heterocycles. The molecule has 2 unspecified atom stereocenters. The van der Waals surface area contributed by atoms with Crippen molar-refractivity contribution in [3.63, 3.8) is 0 Å². The van der Waals surface area contributed by atoms with E-state index >= 15 is 0 Å². The van der Waals surface area contributed by atoms with E-state index in [1.807, 2.05) is 0 Å². The maximum absolute atomic E-state index is 4.79. The molecule has 1 aliphatic carbocycles. The SMILES string of the molecule is CC(I)C(S)c1ccc(CC[C@@H](c2ccc3c(c2)C(C)(C)c2ccccc2-3)[C@H](C)C(C)C)cc1. The molecule has 4 atom stereocenters. The summed E-state index contributed by atoms with van der Waals surface area (Å²) in [5.74, 6) is 1.84. The minimum absolute atomic E-state index is 0.0581. The summed E-state index contributed by atoms with van der Waals surface area (Å²) >= 11 is 7.25. The highest BCUT2D eigenvalue weighted by Gasteiger charge is 2.36. The minimum atomic E-state index is 0.0581. The number of hydrogen-bond acceptors (Lipinski definition) is 1. The molecule has 0 aliphatic heterocycles. The molecule has 0 fully saturated rings. The molecule has 2 heteroatoms. The number of aryl methyl sites for hydroxylation is 1. The van der Waals surface area contributed by atoms with Crippen LogP contribution in [0.2, 0.25) is 0 Å². The zero-order valence-electron chi connectivity index (χ0n) is 21.5. The fourth-order valence-electron chi connectivity index (χ4n) is 5.62. The summed E-state index contributed by atoms with van der Waals surface area (Å²) in [5.41, 5.74) is 10.1. The molecular formula is C32H39IS. The van der Waals surface area contributed by atoms with Crippen LogP contribution in [0.25, 0.3) is 11.1 Å². The number of hydrogen-bond donors (Lipinski definition) is 1. The Kier molecular flexibility index (Phi) is 7.89. The van der Waals surface area contributed by atoms with E-state index in [1.165, 1.54) is 45.4 Å². The normalized spacial score (nSPS) is 17.7. The Labute approximate surface area is 226 Å². The maximum atomic E-state index is 4.79. The van der Waals surface area contributed by atoms with Crippen molar-refractivity contribution in [1.82, 2.24) is 0 Å². The first-order valence-corrected chi connectivity index (χ1v) is 14.5. The maximum Gasteiger partial charge on any atom is 0.0382 e. The van der Waals surface area contributed by atoms with Gasteiger partial charge in [0.25, 0.3) is 0 Å². The molecule has 4 rings (SSSR count). The minimum Gasteiger partial charge on any atom is -0.170 e. The summed E-state index contributed by atoms with van der Waals surface area (Å²) in [5, 5.41) is 0.294. The average Bonchev–Trinajstić information content (AvgIpc) is 3.05. The van der Waals surface area contributed by atoms with Crippen LogP contribution in [-0.2, 0) is 11.8 Å². The van der Waals surface area contributed by atoms with Crippen LogP contribution in [0.1, 0.15) is 86.9 Å². The van der Waals surface area contributed by atoms with Crippen molar-refractivity contribution < 1.29 is 0 Å². The summed E-state index contributed by atoms with van der Waals surface area (Å²) in [6.45, 7) is 14.2. The highest BCUT2D eigenvalue weighted by atomic mass is 127. The van der Waals surface area contributed by atoms with Gasteiger partial charge in [0.15, 0.2) is 0 Å². The van der Waals surface area contributed by atoms with E-state index in [2.05, 4.69) is 131 Å². The van der Waals surface area contributed by atoms with Gasteiger partial charge in [-0.25, -0.2) is 0 Å². The molecule has 180 valence electrons. The lowest BCUT2D eigenvalue weighted by Crippen LogP contribution is -2.19. The van der Waals surface area contributed by atoms with Crippen LogP contribution >= 0.6 is 35.2 Å². The molecule has 0 spiro atoms. The summed E-state index contributed by atoms with van der Waals surface area (Å²) in [6.07, 6.45) is 2.29. The lowest BCUT2D eigenvalue weighted by molar-refractivity contribution is 0.332. The van der Waals surface area contributed by atoms with E-state index in [-0.39, 0.29) is 5.41 Å². The van der Waals surface area contributed by atoms with Crippen molar-refractivity contribution in [2.45, 2.75) is 74.9 Å². The van der Waals surface area contributed by atoms with Gasteiger partial charge in [0.2, 0.25) is 0 Å². The van der Waals surface area contributed by atoms with E-state index in [1.54, 1.807) is 0 Å². The monoisotopic (exact) mass is 582 g/mol. The number of alkyl halides is 1. The lowest BCUT2D eigenvalue weighted by atomic mass is 9.75. The van der Waals surface area contributed by atoms with Crippen LogP contribution in [0.15, 0.2) is 66.7 Å². The molecule has 3 aromatic rings. The van der Waals surface area contributed by atoms with Crippen LogP contribution in [0, 0.1) is 11.8 Å². The number of fused-ring (bicyclic) bond motifs is 3. The summed E-state index contributed by atoms with van der Waals surface area (Å²) in [6, 6.07) is 25.5. The molecule has 0 bridgehead atoms. The van der Waals surface area contributed by atoms with Gasteiger partial charge in [-0.15, -0.1) is 0 Å². The molecule has 34 heavy (non-hydrogen) atoms. The summed E-state index contributed by atoms with van der Waals surface area (Å²) in [4.78, 5) is 0. The lowest BCUT2D eigenvalue weighted by Gasteiger charge is -2.29. The van der Waals surface area contributed by atoms with E-state index in [4.69, 9.17) is 12.6 Å². The smallest absolute Gasteiger partial charge is 0.0382 e. The Bertz CT molecular complexity index is 1130. The van der Waals surface area contributed by atoms with Crippen LogP contribution in [0.5, 0.6) is 0 Å². The second kappa shape index (κ2) is 10.4. The van der Waals surface area contributed by atoms with Gasteiger partial charge in [-0.1, -0.05) is 131 Å². The van der Waals surface area contributed by atoms with Crippen LogP contribution in [0.3, 0.4) is 0 Å². The first-order chi connectivity index (χ1) is 16.1. The van der Waals surface area contributed by atoms with Gasteiger partial charge in [0.1, 0.15) is 0 Å². The molecule has 0 N–H and O–H groups in total. The highest BCUT2D eigenvalue weighted by Crippen LogP contribution is 2.49. The molecule has 0 heterocycles. The quantitative estimate of drug-likeness (QED) is 0.153. The molecule has 0 radical (unpaired) electrons. The van der Waals surface area contributed by atoms with Gasteiger partial charge in [0.05, 0.1) is 0 Å². The van der Waals surface area contributed by atoms with E-state index in [0.717, 1.165) is 6.42 Å². The first kappa shape index (κ1) is 25.8. The Morgan fingerprint density at radius 1 is 0.794 bits per heavy atom. The molecule has 0 nitrogen and oxygen atoms in total. The second-order valence-corrected chi connectivity index (χ2v) is 13.6. The van der Waals surface area contributed by atoms with E-state index in [9.17, 15) is 0 Å². The predicted octanol–water partition coefficient (Wildman–Crippen LogP) is 9.80. The number of thiol groups is 1.